The molecule has 3 unspecified atom stereocenters. The van der Waals surface area contributed by atoms with Crippen LogP contribution in [0.3, 0.4) is 0 Å². The van der Waals surface area contributed by atoms with Crippen LogP contribution in [0.5, 0.6) is 0 Å². The van der Waals surface area contributed by atoms with Gasteiger partial charge in [-0.05, 0) is 36.5 Å². The van der Waals surface area contributed by atoms with Crippen LogP contribution in [0.4, 0.5) is 0 Å². The highest BCUT2D eigenvalue weighted by Crippen LogP contribution is 2.52. The zero-order chi connectivity index (χ0) is 6.55. The summed E-state index contributed by atoms with van der Waals surface area (Å²) in [6.07, 6.45) is 12.5. The van der Waals surface area contributed by atoms with Crippen LogP contribution in [0.25, 0.3) is 0 Å². The van der Waals surface area contributed by atoms with Gasteiger partial charge in [0.1, 0.15) is 0 Å². The predicted octanol–water partition coefficient (Wildman–Crippen LogP) is 2.38. The van der Waals surface area contributed by atoms with Crippen LogP contribution in [0.1, 0.15) is 12.8 Å². The standard InChI is InChI=1S/C10H12/c1-2-9-7-4-5-8(6-7)10(9)3-1/h1-2,4-5,7-10H,3,6H2/t7?,8?,9?,10-/m0/s1. The lowest BCUT2D eigenvalue weighted by Gasteiger charge is -2.18. The van der Waals surface area contributed by atoms with Gasteiger partial charge in [-0.1, -0.05) is 24.3 Å². The first-order chi connectivity index (χ1) is 4.95. The summed E-state index contributed by atoms with van der Waals surface area (Å²) < 4.78 is 0. The molecule has 3 aliphatic carbocycles. The quantitative estimate of drug-likeness (QED) is 0.444. The molecule has 0 aromatic heterocycles. The highest BCUT2D eigenvalue weighted by atomic mass is 14.5. The number of allylic oxidation sites excluding steroid dienone is 4. The number of rotatable bonds is 0. The van der Waals surface area contributed by atoms with Gasteiger partial charge in [-0.2, -0.15) is 0 Å². The molecule has 4 atom stereocenters. The average Bonchev–Trinajstić information content (AvgIpc) is 2.60. The van der Waals surface area contributed by atoms with E-state index in [1.165, 1.54) is 12.8 Å². The first kappa shape index (κ1) is 5.17. The Labute approximate surface area is 61.6 Å². The summed E-state index contributed by atoms with van der Waals surface area (Å²) in [5, 5.41) is 0. The summed E-state index contributed by atoms with van der Waals surface area (Å²) in [4.78, 5) is 0. The van der Waals surface area contributed by atoms with Crippen molar-refractivity contribution >= 4 is 0 Å². The minimum absolute atomic E-state index is 0.925. The average molecular weight is 132 g/mol. The molecule has 0 aromatic rings. The fourth-order valence-electron chi connectivity index (χ4n) is 2.97. The molecular formula is C10H12. The number of fused-ring (bicyclic) bond motifs is 5. The Kier molecular flexibility index (Phi) is 0.803. The Hall–Kier alpha value is -0.520. The lowest BCUT2D eigenvalue weighted by atomic mass is 9.86. The first-order valence-electron chi connectivity index (χ1n) is 4.30. The Morgan fingerprint density at radius 1 is 1.00 bits per heavy atom. The van der Waals surface area contributed by atoms with E-state index in [9.17, 15) is 0 Å². The van der Waals surface area contributed by atoms with Gasteiger partial charge in [-0.15, -0.1) is 0 Å². The molecule has 1 fully saturated rings. The fraction of sp³-hybridized carbons (Fsp3) is 0.600. The van der Waals surface area contributed by atoms with Crippen molar-refractivity contribution in [2.45, 2.75) is 12.8 Å². The van der Waals surface area contributed by atoms with Crippen LogP contribution < -0.4 is 0 Å². The van der Waals surface area contributed by atoms with Crippen LogP contribution in [-0.4, -0.2) is 0 Å². The Morgan fingerprint density at radius 3 is 2.80 bits per heavy atom. The van der Waals surface area contributed by atoms with E-state index >= 15 is 0 Å². The van der Waals surface area contributed by atoms with Crippen LogP contribution in [0.15, 0.2) is 24.3 Å². The molecule has 0 N–H and O–H groups in total. The van der Waals surface area contributed by atoms with E-state index in [0.717, 1.165) is 23.7 Å². The lowest BCUT2D eigenvalue weighted by Crippen LogP contribution is -2.12. The Bertz CT molecular complexity index is 212. The Balaban J connectivity index is 2.04. The summed E-state index contributed by atoms with van der Waals surface area (Å²) in [5.74, 6) is 3.82. The molecule has 0 heterocycles. The van der Waals surface area contributed by atoms with Gasteiger partial charge < -0.3 is 0 Å². The monoisotopic (exact) mass is 132 g/mol. The van der Waals surface area contributed by atoms with Gasteiger partial charge in [0.15, 0.2) is 0 Å². The molecular weight excluding hydrogens is 120 g/mol. The molecule has 0 radical (unpaired) electrons. The molecule has 0 aromatic carbocycles. The van der Waals surface area contributed by atoms with Crippen LogP contribution in [-0.2, 0) is 0 Å². The molecule has 3 aliphatic rings. The molecule has 0 heteroatoms. The smallest absolute Gasteiger partial charge is 0.0133 e. The zero-order valence-electron chi connectivity index (χ0n) is 6.03. The van der Waals surface area contributed by atoms with Crippen LogP contribution in [0.2, 0.25) is 0 Å². The third-order valence-corrected chi connectivity index (χ3v) is 3.46. The van der Waals surface area contributed by atoms with Crippen molar-refractivity contribution < 1.29 is 0 Å². The molecule has 10 heavy (non-hydrogen) atoms. The van der Waals surface area contributed by atoms with E-state index in [1.54, 1.807) is 0 Å². The minimum atomic E-state index is 0.925. The van der Waals surface area contributed by atoms with Gasteiger partial charge >= 0.3 is 0 Å². The summed E-state index contributed by atoms with van der Waals surface area (Å²) in [7, 11) is 0. The maximum absolute atomic E-state index is 2.44. The zero-order valence-corrected chi connectivity index (χ0v) is 6.03. The molecule has 0 aliphatic heterocycles. The normalized spacial score (nSPS) is 54.4. The molecule has 1 saturated carbocycles. The summed E-state index contributed by atoms with van der Waals surface area (Å²) in [5.41, 5.74) is 0. The molecule has 52 valence electrons. The van der Waals surface area contributed by atoms with Crippen molar-refractivity contribution in [1.82, 2.24) is 0 Å². The van der Waals surface area contributed by atoms with Crippen molar-refractivity contribution in [2.24, 2.45) is 23.7 Å². The highest BCUT2D eigenvalue weighted by molar-refractivity contribution is 5.21. The molecule has 0 saturated heterocycles. The van der Waals surface area contributed by atoms with Crippen LogP contribution in [0, 0.1) is 23.7 Å². The van der Waals surface area contributed by atoms with E-state index < -0.39 is 0 Å². The van der Waals surface area contributed by atoms with E-state index in [4.69, 9.17) is 0 Å². The molecule has 0 amide bonds. The Morgan fingerprint density at radius 2 is 1.90 bits per heavy atom. The molecule has 2 bridgehead atoms. The number of hydrogen-bond donors (Lipinski definition) is 0. The maximum Gasteiger partial charge on any atom is -0.0133 e. The third-order valence-electron chi connectivity index (χ3n) is 3.46. The van der Waals surface area contributed by atoms with Crippen molar-refractivity contribution in [1.29, 1.82) is 0 Å². The second-order valence-electron chi connectivity index (χ2n) is 3.85. The van der Waals surface area contributed by atoms with Crippen LogP contribution >= 0.6 is 0 Å². The minimum Gasteiger partial charge on any atom is -0.0879 e. The molecule has 0 spiro atoms. The van der Waals surface area contributed by atoms with Crippen molar-refractivity contribution in [2.75, 3.05) is 0 Å². The second-order valence-corrected chi connectivity index (χ2v) is 3.85. The molecule has 0 nitrogen and oxygen atoms in total. The summed E-state index contributed by atoms with van der Waals surface area (Å²) in [6.45, 7) is 0. The summed E-state index contributed by atoms with van der Waals surface area (Å²) in [6, 6.07) is 0. The maximum atomic E-state index is 2.44. The first-order valence-corrected chi connectivity index (χ1v) is 4.30. The van der Waals surface area contributed by atoms with Gasteiger partial charge in [0.2, 0.25) is 0 Å². The van der Waals surface area contributed by atoms with Crippen molar-refractivity contribution in [3.8, 4) is 0 Å². The van der Waals surface area contributed by atoms with Gasteiger partial charge in [0.25, 0.3) is 0 Å². The van der Waals surface area contributed by atoms with Gasteiger partial charge in [-0.3, -0.25) is 0 Å². The summed E-state index contributed by atoms with van der Waals surface area (Å²) >= 11 is 0. The van der Waals surface area contributed by atoms with E-state index in [2.05, 4.69) is 24.3 Å². The largest absolute Gasteiger partial charge is 0.0879 e. The highest BCUT2D eigenvalue weighted by Gasteiger charge is 2.44. The van der Waals surface area contributed by atoms with Crippen molar-refractivity contribution in [3.05, 3.63) is 24.3 Å². The fourth-order valence-corrected chi connectivity index (χ4v) is 2.97. The lowest BCUT2D eigenvalue weighted by molar-refractivity contribution is 0.398. The number of hydrogen-bond acceptors (Lipinski definition) is 0. The second kappa shape index (κ2) is 1.55. The van der Waals surface area contributed by atoms with E-state index in [-0.39, 0.29) is 0 Å². The van der Waals surface area contributed by atoms with Gasteiger partial charge in [-0.25, -0.2) is 0 Å². The van der Waals surface area contributed by atoms with Gasteiger partial charge in [0.05, 0.1) is 0 Å². The molecule has 3 rings (SSSR count). The third kappa shape index (κ3) is 0.448. The van der Waals surface area contributed by atoms with E-state index in [0.29, 0.717) is 0 Å². The topological polar surface area (TPSA) is 0 Å². The van der Waals surface area contributed by atoms with E-state index in [1.807, 2.05) is 0 Å². The van der Waals surface area contributed by atoms with Gasteiger partial charge in [0, 0.05) is 0 Å². The predicted molar refractivity (Wildman–Crippen MR) is 41.5 cm³/mol. The SMILES string of the molecule is C1=CC2C3C=CC(C3)[C@@H]2C1. The van der Waals surface area contributed by atoms with Crippen molar-refractivity contribution in [3.63, 3.8) is 0 Å².